The second-order valence-electron chi connectivity index (χ2n) is 2.71. The van der Waals surface area contributed by atoms with Gasteiger partial charge in [0.1, 0.15) is 12.1 Å². The molecule has 0 amide bonds. The predicted octanol–water partition coefficient (Wildman–Crippen LogP) is 1.81. The topological polar surface area (TPSA) is 60.2 Å². The lowest BCUT2D eigenvalue weighted by atomic mass is 10.2. The minimum Gasteiger partial charge on any atom is -0.302 e. The molecule has 0 bridgehead atoms. The molecule has 0 spiro atoms. The van der Waals surface area contributed by atoms with Crippen molar-refractivity contribution < 1.29 is 18.5 Å². The highest BCUT2D eigenvalue weighted by molar-refractivity contribution is 5.55. The Kier molecular flexibility index (Phi) is 3.67. The van der Waals surface area contributed by atoms with Gasteiger partial charge in [-0.2, -0.15) is 4.39 Å². The molecule has 4 nitrogen and oxygen atoms in total. The van der Waals surface area contributed by atoms with E-state index < -0.39 is 22.2 Å². The van der Waals surface area contributed by atoms with Crippen LogP contribution in [0.1, 0.15) is 12.0 Å². The van der Waals surface area contributed by atoms with Crippen LogP contribution in [0.3, 0.4) is 0 Å². The predicted molar refractivity (Wildman–Crippen MR) is 50.6 cm³/mol. The van der Waals surface area contributed by atoms with Crippen LogP contribution in [-0.2, 0) is 4.79 Å². The summed E-state index contributed by atoms with van der Waals surface area (Å²) in [4.78, 5) is 19.2. The van der Waals surface area contributed by atoms with Gasteiger partial charge < -0.3 is 4.79 Å². The van der Waals surface area contributed by atoms with E-state index in [0.717, 1.165) is 0 Å². The number of aldehydes is 1. The van der Waals surface area contributed by atoms with Crippen LogP contribution >= 0.6 is 0 Å². The van der Waals surface area contributed by atoms with E-state index in [-0.39, 0.29) is 12.0 Å². The molecule has 82 valence electrons. The highest BCUT2D eigenvalue weighted by atomic mass is 19.1. The smallest absolute Gasteiger partial charge is 0.302 e. The lowest BCUT2D eigenvalue weighted by Crippen LogP contribution is -1.96. The molecular formula is C10H5F2NO3. The Morgan fingerprint density at radius 2 is 2.06 bits per heavy atom. The Balaban J connectivity index is 3.17. The molecule has 1 aromatic rings. The van der Waals surface area contributed by atoms with E-state index in [1.165, 1.54) is 0 Å². The van der Waals surface area contributed by atoms with Crippen LogP contribution < -0.4 is 0 Å². The van der Waals surface area contributed by atoms with Crippen molar-refractivity contribution in [1.82, 2.24) is 0 Å². The maximum atomic E-state index is 13.2. The Morgan fingerprint density at radius 3 is 2.62 bits per heavy atom. The monoisotopic (exact) mass is 225 g/mol. The number of hydrogen-bond acceptors (Lipinski definition) is 3. The van der Waals surface area contributed by atoms with Gasteiger partial charge in [-0.15, -0.1) is 0 Å². The molecule has 0 N–H and O–H groups in total. The number of nitrogens with zero attached hydrogens (tertiary/aromatic N) is 1. The molecule has 0 fully saturated rings. The number of halogens is 2. The summed E-state index contributed by atoms with van der Waals surface area (Å²) in [7, 11) is 0. The summed E-state index contributed by atoms with van der Waals surface area (Å²) in [6.07, 6.45) is 0.394. The number of nitro groups is 1. The van der Waals surface area contributed by atoms with Gasteiger partial charge in [-0.25, -0.2) is 4.39 Å². The van der Waals surface area contributed by atoms with Crippen molar-refractivity contribution in [1.29, 1.82) is 0 Å². The van der Waals surface area contributed by atoms with E-state index in [2.05, 4.69) is 11.8 Å². The van der Waals surface area contributed by atoms with Gasteiger partial charge in [0.15, 0.2) is 0 Å². The Labute approximate surface area is 89.0 Å². The number of hydrogen-bond donors (Lipinski definition) is 0. The van der Waals surface area contributed by atoms with E-state index in [0.29, 0.717) is 18.4 Å². The number of rotatable bonds is 2. The Bertz CT molecular complexity index is 503. The molecule has 0 atom stereocenters. The Morgan fingerprint density at radius 1 is 1.38 bits per heavy atom. The first-order valence-corrected chi connectivity index (χ1v) is 4.12. The van der Waals surface area contributed by atoms with Crippen LogP contribution in [0, 0.1) is 33.6 Å². The minimum absolute atomic E-state index is 0.113. The van der Waals surface area contributed by atoms with Gasteiger partial charge in [0.25, 0.3) is 0 Å². The fourth-order valence-corrected chi connectivity index (χ4v) is 0.960. The molecule has 0 aliphatic heterocycles. The van der Waals surface area contributed by atoms with Crippen molar-refractivity contribution in [3.05, 3.63) is 39.4 Å². The van der Waals surface area contributed by atoms with E-state index in [4.69, 9.17) is 0 Å². The lowest BCUT2D eigenvalue weighted by Gasteiger charge is -1.96. The summed E-state index contributed by atoms with van der Waals surface area (Å²) in [5.41, 5.74) is -1.26. The summed E-state index contributed by atoms with van der Waals surface area (Å²) in [6, 6.07) is 1.09. The van der Waals surface area contributed by atoms with Crippen LogP contribution in [0.15, 0.2) is 12.1 Å². The maximum absolute atomic E-state index is 13.2. The zero-order valence-electron chi connectivity index (χ0n) is 7.87. The van der Waals surface area contributed by atoms with Gasteiger partial charge in [-0.1, -0.05) is 11.8 Å². The highest BCUT2D eigenvalue weighted by Crippen LogP contribution is 2.20. The quantitative estimate of drug-likeness (QED) is 0.334. The van der Waals surface area contributed by atoms with Crippen LogP contribution in [0.25, 0.3) is 0 Å². The average Bonchev–Trinajstić information content (AvgIpc) is 2.22. The molecule has 0 aromatic heterocycles. The summed E-state index contributed by atoms with van der Waals surface area (Å²) in [5.74, 6) is 2.32. The van der Waals surface area contributed by atoms with E-state index >= 15 is 0 Å². The summed E-state index contributed by atoms with van der Waals surface area (Å²) >= 11 is 0. The van der Waals surface area contributed by atoms with Crippen LogP contribution in [0.5, 0.6) is 0 Å². The van der Waals surface area contributed by atoms with E-state index in [1.807, 2.05) is 0 Å². The van der Waals surface area contributed by atoms with E-state index in [9.17, 15) is 23.7 Å². The second-order valence-corrected chi connectivity index (χ2v) is 2.71. The third kappa shape index (κ3) is 2.60. The number of carbonyl (C=O) groups is 1. The van der Waals surface area contributed by atoms with Gasteiger partial charge in [0.05, 0.1) is 23.0 Å². The van der Waals surface area contributed by atoms with Crippen molar-refractivity contribution in [2.24, 2.45) is 0 Å². The van der Waals surface area contributed by atoms with Gasteiger partial charge in [0.2, 0.25) is 5.82 Å². The van der Waals surface area contributed by atoms with E-state index in [1.54, 1.807) is 0 Å². The van der Waals surface area contributed by atoms with Crippen molar-refractivity contribution in [3.8, 4) is 11.8 Å². The number of benzene rings is 1. The molecule has 0 aliphatic carbocycles. The number of carbonyl (C=O) groups excluding carboxylic acids is 1. The molecule has 0 unspecified atom stereocenters. The first-order chi connectivity index (χ1) is 7.56. The van der Waals surface area contributed by atoms with Crippen molar-refractivity contribution in [2.45, 2.75) is 6.42 Å². The molecule has 0 heterocycles. The minimum atomic E-state index is -1.16. The van der Waals surface area contributed by atoms with Gasteiger partial charge in [-0.05, 0) is 6.07 Å². The average molecular weight is 225 g/mol. The van der Waals surface area contributed by atoms with Crippen molar-refractivity contribution in [2.75, 3.05) is 0 Å². The van der Waals surface area contributed by atoms with Gasteiger partial charge in [-0.3, -0.25) is 10.1 Å². The summed E-state index contributed by atoms with van der Waals surface area (Å²) < 4.78 is 26.2. The molecule has 6 heteroatoms. The largest absolute Gasteiger partial charge is 0.307 e. The molecular weight excluding hydrogens is 220 g/mol. The standard InChI is InChI=1S/C10H5F2NO3/c11-8-6-10(13(15)16)9(12)5-7(8)3-1-2-4-14/h4-6H,2H2. The van der Waals surface area contributed by atoms with Crippen molar-refractivity contribution in [3.63, 3.8) is 0 Å². The molecule has 1 aromatic carbocycles. The zero-order chi connectivity index (χ0) is 12.1. The maximum Gasteiger partial charge on any atom is 0.307 e. The van der Waals surface area contributed by atoms with Crippen LogP contribution in [-0.4, -0.2) is 11.2 Å². The van der Waals surface area contributed by atoms with Gasteiger partial charge >= 0.3 is 5.69 Å². The molecule has 0 aliphatic rings. The third-order valence-corrected chi connectivity index (χ3v) is 1.64. The molecule has 1 rings (SSSR count). The first-order valence-electron chi connectivity index (χ1n) is 4.12. The third-order valence-electron chi connectivity index (χ3n) is 1.64. The molecule has 16 heavy (non-hydrogen) atoms. The van der Waals surface area contributed by atoms with Crippen molar-refractivity contribution >= 4 is 12.0 Å². The van der Waals surface area contributed by atoms with Gasteiger partial charge in [0, 0.05) is 0 Å². The fourth-order valence-electron chi connectivity index (χ4n) is 0.960. The zero-order valence-corrected chi connectivity index (χ0v) is 7.87. The lowest BCUT2D eigenvalue weighted by molar-refractivity contribution is -0.387. The highest BCUT2D eigenvalue weighted by Gasteiger charge is 2.17. The molecule has 0 radical (unpaired) electrons. The fraction of sp³-hybridized carbons (Fsp3) is 0.100. The van der Waals surface area contributed by atoms with Crippen LogP contribution in [0.4, 0.5) is 14.5 Å². The number of nitro benzene ring substituents is 1. The molecule has 0 saturated carbocycles. The SMILES string of the molecule is O=CCC#Cc1cc(F)c([N+](=O)[O-])cc1F. The second kappa shape index (κ2) is 4.98. The normalized spacial score (nSPS) is 9.12. The van der Waals surface area contributed by atoms with Crippen LogP contribution in [0.2, 0.25) is 0 Å². The first kappa shape index (κ1) is 11.8. The Hall–Kier alpha value is -2.29. The molecule has 0 saturated heterocycles. The summed E-state index contributed by atoms with van der Waals surface area (Å²) in [5, 5.41) is 10.3. The summed E-state index contributed by atoms with van der Waals surface area (Å²) in [6.45, 7) is 0.